The minimum absolute atomic E-state index is 0.0148. The van der Waals surface area contributed by atoms with Crippen molar-refractivity contribution in [3.63, 3.8) is 0 Å². The highest BCUT2D eigenvalue weighted by molar-refractivity contribution is 6.97. The van der Waals surface area contributed by atoms with Gasteiger partial charge >= 0.3 is 6.42 Å². The lowest BCUT2D eigenvalue weighted by Crippen LogP contribution is -2.88. The Bertz CT molecular complexity index is 1280. The Balaban J connectivity index is 1.79. The molecule has 0 atom stereocenters. The molecular formula is C25H18BN3O. The van der Waals surface area contributed by atoms with Crippen LogP contribution in [0.2, 0.25) is 0 Å². The number of fused-ring (bicyclic) bond motifs is 4. The van der Waals surface area contributed by atoms with Gasteiger partial charge in [0.1, 0.15) is 0 Å². The first-order valence-corrected chi connectivity index (χ1v) is 10.1. The molecule has 0 saturated heterocycles. The third kappa shape index (κ3) is 2.09. The lowest BCUT2D eigenvalue weighted by atomic mass is 9.35. The van der Waals surface area contributed by atoms with Gasteiger partial charge in [0.05, 0.1) is 5.56 Å². The average Bonchev–Trinajstić information content (AvgIpc) is 3.11. The molecule has 4 aromatic rings. The van der Waals surface area contributed by atoms with E-state index in [-0.39, 0.29) is 5.91 Å². The van der Waals surface area contributed by atoms with Crippen molar-refractivity contribution in [2.24, 2.45) is 4.99 Å². The van der Waals surface area contributed by atoms with Crippen LogP contribution in [-0.2, 0) is 0 Å². The van der Waals surface area contributed by atoms with Gasteiger partial charge in [0.2, 0.25) is 11.7 Å². The number of hydrogen-bond acceptors (Lipinski definition) is 2. The van der Waals surface area contributed by atoms with Crippen LogP contribution in [0.1, 0.15) is 15.9 Å². The fraction of sp³-hybridized carbons (Fsp3) is 0. The predicted octanol–water partition coefficient (Wildman–Crippen LogP) is 2.63. The molecule has 1 amide bonds. The Kier molecular flexibility index (Phi) is 3.53. The van der Waals surface area contributed by atoms with Gasteiger partial charge in [-0.1, -0.05) is 78.9 Å². The summed E-state index contributed by atoms with van der Waals surface area (Å²) in [5.74, 6) is 1.54. The fourth-order valence-corrected chi connectivity index (χ4v) is 5.03. The van der Waals surface area contributed by atoms with E-state index in [0.717, 1.165) is 28.1 Å². The van der Waals surface area contributed by atoms with Crippen molar-refractivity contribution in [2.45, 2.75) is 0 Å². The highest BCUT2D eigenvalue weighted by Gasteiger charge is 2.54. The number of rotatable bonds is 2. The van der Waals surface area contributed by atoms with Crippen molar-refractivity contribution in [1.29, 1.82) is 0 Å². The molecule has 0 fully saturated rings. The van der Waals surface area contributed by atoms with Crippen molar-refractivity contribution in [3.05, 3.63) is 120 Å². The van der Waals surface area contributed by atoms with Crippen LogP contribution in [0.4, 0.5) is 5.82 Å². The van der Waals surface area contributed by atoms with Crippen LogP contribution < -0.4 is 15.4 Å². The summed E-state index contributed by atoms with van der Waals surface area (Å²) in [6.07, 6.45) is 0.209. The lowest BCUT2D eigenvalue weighted by molar-refractivity contribution is -0.534. The zero-order valence-electron chi connectivity index (χ0n) is 16.2. The minimum Gasteiger partial charge on any atom is -0.400 e. The van der Waals surface area contributed by atoms with E-state index in [1.807, 2.05) is 89.9 Å². The van der Waals surface area contributed by atoms with Crippen molar-refractivity contribution in [3.8, 4) is 0 Å². The van der Waals surface area contributed by atoms with Gasteiger partial charge < -0.3 is 9.29 Å². The monoisotopic (exact) mass is 387 g/mol. The van der Waals surface area contributed by atoms with Gasteiger partial charge in [-0.2, -0.15) is 0 Å². The van der Waals surface area contributed by atoms with Gasteiger partial charge in [-0.05, 0) is 23.2 Å². The third-order valence-electron chi connectivity index (χ3n) is 6.24. The van der Waals surface area contributed by atoms with E-state index in [1.54, 1.807) is 0 Å². The van der Waals surface area contributed by atoms with E-state index >= 15 is 0 Å². The van der Waals surface area contributed by atoms with Gasteiger partial charge in [-0.15, -0.1) is 10.9 Å². The van der Waals surface area contributed by atoms with E-state index in [1.165, 1.54) is 0 Å². The van der Waals surface area contributed by atoms with Crippen molar-refractivity contribution in [1.82, 2.24) is 4.81 Å². The Hall–Kier alpha value is -3.99. The Labute approximate surface area is 174 Å². The number of aromatic nitrogens is 1. The Morgan fingerprint density at radius 2 is 1.23 bits per heavy atom. The van der Waals surface area contributed by atoms with E-state index in [4.69, 9.17) is 4.99 Å². The summed E-state index contributed by atoms with van der Waals surface area (Å²) in [6.45, 7) is 0. The molecule has 0 aliphatic carbocycles. The van der Waals surface area contributed by atoms with Gasteiger partial charge in [0.15, 0.2) is 0 Å². The van der Waals surface area contributed by atoms with E-state index in [9.17, 15) is 4.79 Å². The second-order valence-electron chi connectivity index (χ2n) is 7.72. The topological polar surface area (TPSA) is 36.6 Å². The minimum atomic E-state index is -1.83. The summed E-state index contributed by atoms with van der Waals surface area (Å²) in [6, 6.07) is 34.3. The predicted molar refractivity (Wildman–Crippen MR) is 119 cm³/mol. The van der Waals surface area contributed by atoms with Crippen molar-refractivity contribution in [2.75, 3.05) is 0 Å². The molecule has 0 N–H and O–H groups in total. The zero-order chi connectivity index (χ0) is 20.1. The van der Waals surface area contributed by atoms with Crippen LogP contribution in [0.5, 0.6) is 0 Å². The highest BCUT2D eigenvalue weighted by Crippen LogP contribution is 2.32. The molecule has 0 spiro atoms. The molecule has 2 aliphatic rings. The second-order valence-corrected chi connectivity index (χ2v) is 7.72. The number of benzene rings is 3. The Morgan fingerprint density at radius 1 is 0.667 bits per heavy atom. The van der Waals surface area contributed by atoms with Crippen LogP contribution in [0.25, 0.3) is 0 Å². The van der Waals surface area contributed by atoms with E-state index in [0.29, 0.717) is 5.56 Å². The van der Waals surface area contributed by atoms with Crippen LogP contribution in [-0.4, -0.2) is 23.0 Å². The number of carbonyl (C=O) groups is 1. The van der Waals surface area contributed by atoms with Crippen LogP contribution in [0.3, 0.4) is 0 Å². The van der Waals surface area contributed by atoms with E-state index < -0.39 is 6.42 Å². The molecule has 0 saturated carbocycles. The first-order chi connectivity index (χ1) is 14.8. The SMILES string of the molecule is O=C1c2ccccc2C2=Nc3cccc[n+]3[B-](c3ccccc3)(c3ccccc3)N12. The maximum Gasteiger partial charge on any atom is 0.350 e. The number of carbonyl (C=O) groups excluding carboxylic acids is 1. The van der Waals surface area contributed by atoms with Gasteiger partial charge in [-0.3, -0.25) is 4.79 Å². The first kappa shape index (κ1) is 16.9. The van der Waals surface area contributed by atoms with Gasteiger partial charge in [0, 0.05) is 17.8 Å². The molecule has 4 nitrogen and oxygen atoms in total. The average molecular weight is 387 g/mol. The summed E-state index contributed by atoms with van der Waals surface area (Å²) >= 11 is 0. The number of amidine groups is 1. The summed E-state index contributed by atoms with van der Waals surface area (Å²) in [5.41, 5.74) is 3.71. The first-order valence-electron chi connectivity index (χ1n) is 10.1. The number of aliphatic imine (C=N–C) groups is 1. The second kappa shape index (κ2) is 6.26. The molecule has 0 radical (unpaired) electrons. The van der Waals surface area contributed by atoms with Crippen molar-refractivity contribution < 1.29 is 9.27 Å². The third-order valence-corrected chi connectivity index (χ3v) is 6.24. The normalized spacial score (nSPS) is 15.8. The molecule has 3 aromatic carbocycles. The summed E-state index contributed by atoms with van der Waals surface area (Å²) in [4.78, 5) is 20.7. The summed E-state index contributed by atoms with van der Waals surface area (Å²) in [5, 5.41) is 0. The zero-order valence-corrected chi connectivity index (χ0v) is 16.2. The molecular weight excluding hydrogens is 369 g/mol. The quantitative estimate of drug-likeness (QED) is 0.488. The molecule has 0 unspecified atom stereocenters. The summed E-state index contributed by atoms with van der Waals surface area (Å²) in [7, 11) is 0. The molecule has 30 heavy (non-hydrogen) atoms. The number of nitrogens with zero attached hydrogens (tertiary/aromatic N) is 3. The maximum atomic E-state index is 13.9. The summed E-state index contributed by atoms with van der Waals surface area (Å²) < 4.78 is 2.16. The molecule has 5 heteroatoms. The molecule has 1 aromatic heterocycles. The van der Waals surface area contributed by atoms with Crippen LogP contribution in [0.15, 0.2) is 114 Å². The molecule has 0 bridgehead atoms. The number of amides is 1. The molecule has 3 heterocycles. The lowest BCUT2D eigenvalue weighted by Gasteiger charge is -2.48. The van der Waals surface area contributed by atoms with E-state index in [2.05, 4.69) is 28.7 Å². The number of pyridine rings is 1. The highest BCUT2D eigenvalue weighted by atomic mass is 16.2. The smallest absolute Gasteiger partial charge is 0.350 e. The Morgan fingerprint density at radius 3 is 1.90 bits per heavy atom. The molecule has 6 rings (SSSR count). The van der Waals surface area contributed by atoms with Crippen LogP contribution >= 0.6 is 0 Å². The number of hydrogen-bond donors (Lipinski definition) is 0. The fourth-order valence-electron chi connectivity index (χ4n) is 5.03. The van der Waals surface area contributed by atoms with Gasteiger partial charge in [-0.25, -0.2) is 0 Å². The van der Waals surface area contributed by atoms with Gasteiger partial charge in [0.25, 0.3) is 5.82 Å². The largest absolute Gasteiger partial charge is 0.400 e. The molecule has 2 aliphatic heterocycles. The molecule has 142 valence electrons. The maximum absolute atomic E-state index is 13.9. The standard InChI is InChI=1S/C25H18BN3O/c30-25-22-16-8-7-15-21(22)24-27-23-17-9-10-18-28(23)26(29(24)25,19-11-3-1-4-12-19)20-13-5-2-6-14-20/h1-18H. The van der Waals surface area contributed by atoms with Crippen LogP contribution in [0, 0.1) is 0 Å². The van der Waals surface area contributed by atoms with Crippen molar-refractivity contribution >= 4 is 34.9 Å².